The second-order valence-electron chi connectivity index (χ2n) is 6.07. The van der Waals surface area contributed by atoms with Crippen LogP contribution in [0.25, 0.3) is 0 Å². The topological polar surface area (TPSA) is 79.2 Å². The van der Waals surface area contributed by atoms with Crippen molar-refractivity contribution in [3.8, 4) is 6.07 Å². The maximum Gasteiger partial charge on any atom is 0.316 e. The van der Waals surface area contributed by atoms with Crippen LogP contribution in [0.2, 0.25) is 0 Å². The number of hydrogen-bond donors (Lipinski definition) is 1. The Morgan fingerprint density at radius 3 is 2.64 bits per heavy atom. The molecule has 0 fully saturated rings. The summed E-state index contributed by atoms with van der Waals surface area (Å²) >= 11 is 1.14. The number of amides is 1. The highest BCUT2D eigenvalue weighted by atomic mass is 32.2. The SMILES string of the molecule is CCOC(=O)CSC1=C(C#N)[C@@H](c2ccc(C(C)C)cc2)CC(=O)N1. The first kappa shape index (κ1) is 19.1. The number of allylic oxidation sites excluding steroid dienone is 1. The lowest BCUT2D eigenvalue weighted by molar-refractivity contribution is -0.139. The Morgan fingerprint density at radius 1 is 1.40 bits per heavy atom. The Hall–Kier alpha value is -2.26. The molecule has 0 aliphatic carbocycles. The molecule has 2 rings (SSSR count). The van der Waals surface area contributed by atoms with E-state index < -0.39 is 0 Å². The fourth-order valence-electron chi connectivity index (χ4n) is 2.66. The fraction of sp³-hybridized carbons (Fsp3) is 0.421. The molecule has 1 heterocycles. The minimum Gasteiger partial charge on any atom is -0.465 e. The van der Waals surface area contributed by atoms with E-state index in [0.29, 0.717) is 23.1 Å². The van der Waals surface area contributed by atoms with Gasteiger partial charge in [0.15, 0.2) is 0 Å². The molecular formula is C19H22N2O3S. The first-order chi connectivity index (χ1) is 12.0. The third-order valence-corrected chi connectivity index (χ3v) is 4.99. The molecule has 0 radical (unpaired) electrons. The molecule has 132 valence electrons. The second kappa shape index (κ2) is 8.72. The number of rotatable bonds is 6. The van der Waals surface area contributed by atoms with Crippen LogP contribution in [-0.4, -0.2) is 24.2 Å². The molecule has 25 heavy (non-hydrogen) atoms. The molecule has 0 unspecified atom stereocenters. The first-order valence-corrected chi connectivity index (χ1v) is 9.27. The zero-order valence-corrected chi connectivity index (χ0v) is 15.5. The first-order valence-electron chi connectivity index (χ1n) is 8.28. The predicted octanol–water partition coefficient (Wildman–Crippen LogP) is 3.44. The molecule has 6 heteroatoms. The van der Waals surface area contributed by atoms with Crippen molar-refractivity contribution in [3.05, 3.63) is 46.0 Å². The van der Waals surface area contributed by atoms with Gasteiger partial charge in [-0.3, -0.25) is 9.59 Å². The lowest BCUT2D eigenvalue weighted by Crippen LogP contribution is -2.31. The lowest BCUT2D eigenvalue weighted by atomic mass is 9.86. The van der Waals surface area contributed by atoms with Gasteiger partial charge in [0.1, 0.15) is 0 Å². The van der Waals surface area contributed by atoms with E-state index in [1.807, 2.05) is 24.3 Å². The van der Waals surface area contributed by atoms with Gasteiger partial charge in [0.2, 0.25) is 5.91 Å². The summed E-state index contributed by atoms with van der Waals surface area (Å²) in [7, 11) is 0. The van der Waals surface area contributed by atoms with Crippen LogP contribution in [0.5, 0.6) is 0 Å². The van der Waals surface area contributed by atoms with E-state index in [9.17, 15) is 14.9 Å². The van der Waals surface area contributed by atoms with Crippen LogP contribution < -0.4 is 5.32 Å². The Kier molecular flexibility index (Phi) is 6.65. The summed E-state index contributed by atoms with van der Waals surface area (Å²) in [6.45, 7) is 6.28. The van der Waals surface area contributed by atoms with E-state index in [1.54, 1.807) is 6.92 Å². The Morgan fingerprint density at radius 2 is 2.08 bits per heavy atom. The van der Waals surface area contributed by atoms with Gasteiger partial charge in [-0.25, -0.2) is 0 Å². The fourth-order valence-corrected chi connectivity index (χ4v) is 3.54. The van der Waals surface area contributed by atoms with Gasteiger partial charge in [0.05, 0.1) is 29.0 Å². The van der Waals surface area contributed by atoms with Crippen molar-refractivity contribution in [2.45, 2.75) is 39.0 Å². The number of nitrogens with one attached hydrogen (secondary N) is 1. The van der Waals surface area contributed by atoms with Crippen LogP contribution in [0.1, 0.15) is 50.2 Å². The lowest BCUT2D eigenvalue weighted by Gasteiger charge is -2.25. The van der Waals surface area contributed by atoms with Gasteiger partial charge in [-0.05, 0) is 24.0 Å². The molecule has 1 aromatic rings. The largest absolute Gasteiger partial charge is 0.465 e. The zero-order chi connectivity index (χ0) is 18.4. The molecule has 1 atom stereocenters. The number of thioether (sulfide) groups is 1. The van der Waals surface area contributed by atoms with Crippen molar-refractivity contribution in [3.63, 3.8) is 0 Å². The third kappa shape index (κ3) is 4.86. The van der Waals surface area contributed by atoms with Gasteiger partial charge in [-0.1, -0.05) is 49.9 Å². The van der Waals surface area contributed by atoms with Crippen molar-refractivity contribution < 1.29 is 14.3 Å². The van der Waals surface area contributed by atoms with Crippen LogP contribution >= 0.6 is 11.8 Å². The van der Waals surface area contributed by atoms with Crippen LogP contribution in [0, 0.1) is 11.3 Å². The van der Waals surface area contributed by atoms with Crippen molar-refractivity contribution in [1.82, 2.24) is 5.32 Å². The van der Waals surface area contributed by atoms with E-state index in [0.717, 1.165) is 17.3 Å². The molecule has 5 nitrogen and oxygen atoms in total. The summed E-state index contributed by atoms with van der Waals surface area (Å²) in [4.78, 5) is 23.6. The summed E-state index contributed by atoms with van der Waals surface area (Å²) in [6, 6.07) is 10.2. The number of carbonyl (C=O) groups excluding carboxylic acids is 2. The van der Waals surface area contributed by atoms with Gasteiger partial charge in [0.25, 0.3) is 0 Å². The van der Waals surface area contributed by atoms with Crippen LogP contribution in [0.4, 0.5) is 0 Å². The van der Waals surface area contributed by atoms with Crippen molar-refractivity contribution >= 4 is 23.6 Å². The maximum absolute atomic E-state index is 12.1. The standard InChI is InChI=1S/C19H22N2O3S/c1-4-24-18(23)11-25-19-16(10-20)15(9-17(22)21-19)14-7-5-13(6-8-14)12(2)3/h5-8,12,15H,4,9,11H2,1-3H3,(H,21,22)/t15-/m1/s1. The Labute approximate surface area is 152 Å². The number of nitrogens with zero attached hydrogens (tertiary/aromatic N) is 1. The van der Waals surface area contributed by atoms with Gasteiger partial charge in [-0.2, -0.15) is 5.26 Å². The van der Waals surface area contributed by atoms with E-state index in [-0.39, 0.29) is 30.0 Å². The van der Waals surface area contributed by atoms with Crippen molar-refractivity contribution in [2.24, 2.45) is 0 Å². The maximum atomic E-state index is 12.1. The minimum absolute atomic E-state index is 0.0631. The summed E-state index contributed by atoms with van der Waals surface area (Å²) in [6.07, 6.45) is 0.230. The van der Waals surface area contributed by atoms with E-state index >= 15 is 0 Å². The van der Waals surface area contributed by atoms with Crippen LogP contribution in [0.3, 0.4) is 0 Å². The average molecular weight is 358 g/mol. The highest BCUT2D eigenvalue weighted by Gasteiger charge is 2.30. The molecule has 0 bridgehead atoms. The van der Waals surface area contributed by atoms with Gasteiger partial charge < -0.3 is 10.1 Å². The summed E-state index contributed by atoms with van der Waals surface area (Å²) in [5, 5.41) is 12.8. The number of hydrogen-bond acceptors (Lipinski definition) is 5. The molecule has 1 amide bonds. The normalized spacial score (nSPS) is 17.2. The summed E-state index contributed by atoms with van der Waals surface area (Å²) in [5.74, 6) is -0.318. The number of carbonyl (C=O) groups is 2. The average Bonchev–Trinajstić information content (AvgIpc) is 2.59. The quantitative estimate of drug-likeness (QED) is 0.788. The van der Waals surface area contributed by atoms with Crippen molar-refractivity contribution in [1.29, 1.82) is 5.26 Å². The molecule has 0 spiro atoms. The summed E-state index contributed by atoms with van der Waals surface area (Å²) in [5.41, 5.74) is 2.64. The van der Waals surface area contributed by atoms with Gasteiger partial charge in [-0.15, -0.1) is 0 Å². The highest BCUT2D eigenvalue weighted by Crippen LogP contribution is 2.36. The highest BCUT2D eigenvalue weighted by molar-refractivity contribution is 8.03. The zero-order valence-electron chi connectivity index (χ0n) is 14.7. The third-order valence-electron chi connectivity index (χ3n) is 4.00. The van der Waals surface area contributed by atoms with Crippen LogP contribution in [-0.2, 0) is 14.3 Å². The van der Waals surface area contributed by atoms with Gasteiger partial charge >= 0.3 is 5.97 Å². The van der Waals surface area contributed by atoms with Gasteiger partial charge in [0, 0.05) is 12.3 Å². The molecule has 0 saturated heterocycles. The molecule has 1 aliphatic heterocycles. The number of esters is 1. The van der Waals surface area contributed by atoms with Crippen molar-refractivity contribution in [2.75, 3.05) is 12.4 Å². The van der Waals surface area contributed by atoms with Crippen LogP contribution in [0.15, 0.2) is 34.9 Å². The molecule has 1 aromatic carbocycles. The molecular weight excluding hydrogens is 336 g/mol. The molecule has 0 saturated carbocycles. The molecule has 0 aromatic heterocycles. The minimum atomic E-state index is -0.366. The van der Waals surface area contributed by atoms with E-state index in [4.69, 9.17) is 4.74 Å². The Balaban J connectivity index is 2.26. The molecule has 1 aliphatic rings. The second-order valence-corrected chi connectivity index (χ2v) is 7.06. The Bertz CT molecular complexity index is 717. The molecule has 1 N–H and O–H groups in total. The number of benzene rings is 1. The van der Waals surface area contributed by atoms with E-state index in [1.165, 1.54) is 5.56 Å². The van der Waals surface area contributed by atoms with E-state index in [2.05, 4.69) is 25.2 Å². The number of nitriles is 1. The monoisotopic (exact) mass is 358 g/mol. The number of ether oxygens (including phenoxy) is 1. The summed E-state index contributed by atoms with van der Waals surface area (Å²) < 4.78 is 4.90. The predicted molar refractivity (Wildman–Crippen MR) is 97.8 cm³/mol. The smallest absolute Gasteiger partial charge is 0.316 e.